The Bertz CT molecular complexity index is 877. The minimum Gasteiger partial charge on any atom is -0.497 e. The number of carbonyl (C=O) groups excluding carboxylic acids is 1. The molecular weight excluding hydrogens is 368 g/mol. The first-order valence-electron chi connectivity index (χ1n) is 8.45. The Morgan fingerprint density at radius 1 is 1.23 bits per heavy atom. The Labute approximate surface area is 162 Å². The van der Waals surface area contributed by atoms with Crippen molar-refractivity contribution >= 4 is 40.2 Å². The zero-order valence-electron chi connectivity index (χ0n) is 14.5. The van der Waals surface area contributed by atoms with Gasteiger partial charge in [-0.3, -0.25) is 4.79 Å². The third kappa shape index (κ3) is 4.96. The smallest absolute Gasteiger partial charge is 0.220 e. The van der Waals surface area contributed by atoms with Gasteiger partial charge in [0.05, 0.1) is 7.11 Å². The summed E-state index contributed by atoms with van der Waals surface area (Å²) in [7, 11) is 1.66. The minimum atomic E-state index is 0.0730. The van der Waals surface area contributed by atoms with E-state index in [0.29, 0.717) is 13.0 Å². The van der Waals surface area contributed by atoms with Gasteiger partial charge in [0.25, 0.3) is 0 Å². The van der Waals surface area contributed by atoms with E-state index in [1.807, 2.05) is 48.7 Å². The summed E-state index contributed by atoms with van der Waals surface area (Å²) < 4.78 is 5.28. The number of hydrogen-bond donors (Lipinski definition) is 2. The lowest BCUT2D eigenvalue weighted by atomic mass is 10.1. The fourth-order valence-corrected chi connectivity index (χ4v) is 3.69. The maximum absolute atomic E-state index is 12.0. The van der Waals surface area contributed by atoms with Gasteiger partial charge >= 0.3 is 0 Å². The molecule has 4 nitrogen and oxygen atoms in total. The van der Waals surface area contributed by atoms with Crippen LogP contribution in [0.5, 0.6) is 5.75 Å². The fourth-order valence-electron chi connectivity index (χ4n) is 2.71. The molecule has 1 amide bonds. The molecule has 26 heavy (non-hydrogen) atoms. The van der Waals surface area contributed by atoms with Gasteiger partial charge in [-0.1, -0.05) is 11.6 Å². The van der Waals surface area contributed by atoms with Crippen molar-refractivity contribution in [3.8, 4) is 5.75 Å². The summed E-state index contributed by atoms with van der Waals surface area (Å²) in [5.74, 6) is 1.66. The number of benzene rings is 2. The number of carbonyl (C=O) groups is 1. The van der Waals surface area contributed by atoms with Crippen LogP contribution in [-0.4, -0.2) is 30.3 Å². The van der Waals surface area contributed by atoms with Crippen molar-refractivity contribution in [2.75, 3.05) is 19.4 Å². The number of rotatable bonds is 8. The van der Waals surface area contributed by atoms with Gasteiger partial charge in [0.2, 0.25) is 5.91 Å². The molecule has 0 aliphatic rings. The van der Waals surface area contributed by atoms with Gasteiger partial charge in [0.1, 0.15) is 5.75 Å². The maximum atomic E-state index is 12.0. The van der Waals surface area contributed by atoms with Crippen molar-refractivity contribution in [3.05, 3.63) is 59.2 Å². The molecule has 0 aliphatic carbocycles. The second-order valence-corrected chi connectivity index (χ2v) is 7.48. The zero-order valence-corrected chi connectivity index (χ0v) is 16.1. The molecule has 0 unspecified atom stereocenters. The monoisotopic (exact) mass is 388 g/mol. The molecule has 0 fully saturated rings. The van der Waals surface area contributed by atoms with Crippen LogP contribution in [0.1, 0.15) is 12.0 Å². The Hall–Kier alpha value is -2.11. The standard InChI is InChI=1S/C20H21ClN2O2S/c1-25-16-4-7-19-18(12-16)14(13-23-19)8-10-22-20(24)9-11-26-17-5-2-15(21)3-6-17/h2-7,12-13,23H,8-11H2,1H3,(H,22,24). The van der Waals surface area contributed by atoms with E-state index in [1.165, 1.54) is 5.56 Å². The number of ether oxygens (including phenoxy) is 1. The molecule has 0 saturated carbocycles. The highest BCUT2D eigenvalue weighted by atomic mass is 35.5. The number of fused-ring (bicyclic) bond motifs is 1. The number of aromatic nitrogens is 1. The molecule has 6 heteroatoms. The molecular formula is C20H21ClN2O2S. The van der Waals surface area contributed by atoms with Crippen molar-refractivity contribution in [2.45, 2.75) is 17.7 Å². The number of methoxy groups -OCH3 is 1. The number of halogens is 1. The Kier molecular flexibility index (Phi) is 6.47. The molecule has 0 radical (unpaired) electrons. The molecule has 1 heterocycles. The van der Waals surface area contributed by atoms with Crippen molar-refractivity contribution in [3.63, 3.8) is 0 Å². The van der Waals surface area contributed by atoms with E-state index in [-0.39, 0.29) is 5.91 Å². The van der Waals surface area contributed by atoms with Crippen LogP contribution in [0.15, 0.2) is 53.6 Å². The second-order valence-electron chi connectivity index (χ2n) is 5.88. The second kappa shape index (κ2) is 9.01. The number of thioether (sulfide) groups is 1. The predicted molar refractivity (Wildman–Crippen MR) is 108 cm³/mol. The first kappa shape index (κ1) is 18.7. The van der Waals surface area contributed by atoms with E-state index in [0.717, 1.165) is 38.7 Å². The third-order valence-electron chi connectivity index (χ3n) is 4.10. The van der Waals surface area contributed by atoms with Crippen molar-refractivity contribution in [1.29, 1.82) is 0 Å². The van der Waals surface area contributed by atoms with Crippen LogP contribution in [0.4, 0.5) is 0 Å². The SMILES string of the molecule is COc1ccc2[nH]cc(CCNC(=O)CCSc3ccc(Cl)cc3)c2c1. The topological polar surface area (TPSA) is 54.1 Å². The summed E-state index contributed by atoms with van der Waals surface area (Å²) in [5.41, 5.74) is 2.25. The maximum Gasteiger partial charge on any atom is 0.220 e. The van der Waals surface area contributed by atoms with E-state index >= 15 is 0 Å². The lowest BCUT2D eigenvalue weighted by molar-refractivity contribution is -0.120. The van der Waals surface area contributed by atoms with Gasteiger partial charge in [-0.25, -0.2) is 0 Å². The fraction of sp³-hybridized carbons (Fsp3) is 0.250. The minimum absolute atomic E-state index is 0.0730. The van der Waals surface area contributed by atoms with E-state index in [2.05, 4.69) is 10.3 Å². The molecule has 3 aromatic rings. The van der Waals surface area contributed by atoms with Crippen LogP contribution in [0.2, 0.25) is 5.02 Å². The Morgan fingerprint density at radius 3 is 2.81 bits per heavy atom. The van der Waals surface area contributed by atoms with E-state index in [1.54, 1.807) is 18.9 Å². The zero-order chi connectivity index (χ0) is 18.4. The molecule has 2 aromatic carbocycles. The van der Waals surface area contributed by atoms with Gasteiger partial charge in [-0.15, -0.1) is 11.8 Å². The van der Waals surface area contributed by atoms with E-state index < -0.39 is 0 Å². The van der Waals surface area contributed by atoms with Gasteiger partial charge in [-0.2, -0.15) is 0 Å². The highest BCUT2D eigenvalue weighted by molar-refractivity contribution is 7.99. The molecule has 136 valence electrons. The summed E-state index contributed by atoms with van der Waals surface area (Å²) in [4.78, 5) is 16.4. The summed E-state index contributed by atoms with van der Waals surface area (Å²) in [6.45, 7) is 0.620. The Balaban J connectivity index is 1.43. The normalized spacial score (nSPS) is 10.8. The summed E-state index contributed by atoms with van der Waals surface area (Å²) in [6.07, 6.45) is 3.27. The molecule has 0 saturated heterocycles. The van der Waals surface area contributed by atoms with Gasteiger partial charge < -0.3 is 15.0 Å². The average Bonchev–Trinajstić information content (AvgIpc) is 3.05. The molecule has 0 bridgehead atoms. The van der Waals surface area contributed by atoms with Crippen LogP contribution in [0.3, 0.4) is 0 Å². The van der Waals surface area contributed by atoms with Crippen molar-refractivity contribution in [1.82, 2.24) is 10.3 Å². The lowest BCUT2D eigenvalue weighted by Gasteiger charge is -2.06. The average molecular weight is 389 g/mol. The predicted octanol–water partition coefficient (Wildman–Crippen LogP) is 4.67. The highest BCUT2D eigenvalue weighted by Crippen LogP contribution is 2.24. The third-order valence-corrected chi connectivity index (χ3v) is 5.37. The summed E-state index contributed by atoms with van der Waals surface area (Å²) in [5, 5.41) is 4.85. The molecule has 3 rings (SSSR count). The number of amides is 1. The van der Waals surface area contributed by atoms with Gasteiger partial charge in [0, 0.05) is 45.7 Å². The first-order valence-corrected chi connectivity index (χ1v) is 9.81. The number of nitrogens with one attached hydrogen (secondary N) is 2. The lowest BCUT2D eigenvalue weighted by Crippen LogP contribution is -2.25. The van der Waals surface area contributed by atoms with Crippen LogP contribution in [0.25, 0.3) is 10.9 Å². The summed E-state index contributed by atoms with van der Waals surface area (Å²) >= 11 is 7.52. The molecule has 1 aromatic heterocycles. The van der Waals surface area contributed by atoms with Crippen LogP contribution in [0, 0.1) is 0 Å². The molecule has 0 atom stereocenters. The van der Waals surface area contributed by atoms with Crippen LogP contribution < -0.4 is 10.1 Å². The van der Waals surface area contributed by atoms with Crippen LogP contribution in [-0.2, 0) is 11.2 Å². The van der Waals surface area contributed by atoms with E-state index in [9.17, 15) is 4.79 Å². The molecule has 0 spiro atoms. The largest absolute Gasteiger partial charge is 0.497 e. The Morgan fingerprint density at radius 2 is 2.04 bits per heavy atom. The number of hydrogen-bond acceptors (Lipinski definition) is 3. The van der Waals surface area contributed by atoms with E-state index in [4.69, 9.17) is 16.3 Å². The number of H-pyrrole nitrogens is 1. The molecule has 0 aliphatic heterocycles. The van der Waals surface area contributed by atoms with Crippen molar-refractivity contribution < 1.29 is 9.53 Å². The highest BCUT2D eigenvalue weighted by Gasteiger charge is 2.07. The number of aromatic amines is 1. The van der Waals surface area contributed by atoms with Gasteiger partial charge in [-0.05, 0) is 54.4 Å². The first-order chi connectivity index (χ1) is 12.7. The van der Waals surface area contributed by atoms with Gasteiger partial charge in [0.15, 0.2) is 0 Å². The van der Waals surface area contributed by atoms with Crippen molar-refractivity contribution in [2.24, 2.45) is 0 Å². The van der Waals surface area contributed by atoms with Crippen LogP contribution >= 0.6 is 23.4 Å². The molecule has 2 N–H and O–H groups in total. The summed E-state index contributed by atoms with van der Waals surface area (Å²) in [6, 6.07) is 13.6. The quantitative estimate of drug-likeness (QED) is 0.551.